The van der Waals surface area contributed by atoms with Crippen molar-refractivity contribution in [3.8, 4) is 0 Å². The lowest BCUT2D eigenvalue weighted by molar-refractivity contribution is 0.140. The van der Waals surface area contributed by atoms with Gasteiger partial charge in [-0.05, 0) is 17.7 Å². The molecule has 0 radical (unpaired) electrons. The van der Waals surface area contributed by atoms with Gasteiger partial charge < -0.3 is 9.15 Å². The van der Waals surface area contributed by atoms with E-state index in [9.17, 15) is 4.79 Å². The molecule has 0 unspecified atom stereocenters. The second-order valence-corrected chi connectivity index (χ2v) is 3.45. The van der Waals surface area contributed by atoms with Gasteiger partial charge in [-0.25, -0.2) is 10.2 Å². The lowest BCUT2D eigenvalue weighted by atomic mass is 10.2. The molecule has 2 aromatic rings. The summed E-state index contributed by atoms with van der Waals surface area (Å²) in [5.41, 5.74) is 3.16. The minimum absolute atomic E-state index is 0.211. The van der Waals surface area contributed by atoms with Crippen LogP contribution < -0.4 is 5.43 Å². The van der Waals surface area contributed by atoms with E-state index < -0.39 is 6.09 Å². The Morgan fingerprint density at radius 1 is 1.28 bits per heavy atom. The van der Waals surface area contributed by atoms with Gasteiger partial charge in [-0.2, -0.15) is 5.10 Å². The highest BCUT2D eigenvalue weighted by atomic mass is 16.6. The maximum Gasteiger partial charge on any atom is 0.428 e. The molecule has 0 atom stereocenters. The van der Waals surface area contributed by atoms with Crippen LogP contribution in [0.15, 0.2) is 58.2 Å². The van der Waals surface area contributed by atoms with Crippen LogP contribution in [0.2, 0.25) is 0 Å². The van der Waals surface area contributed by atoms with Crippen molar-refractivity contribution in [2.24, 2.45) is 5.10 Å². The highest BCUT2D eigenvalue weighted by Crippen LogP contribution is 2.00. The van der Waals surface area contributed by atoms with Crippen LogP contribution in [0.5, 0.6) is 0 Å². The van der Waals surface area contributed by atoms with Crippen LogP contribution >= 0.6 is 0 Å². The standard InChI is InChI=1S/C13H12N2O3/c16-13(15-14-9-12-7-4-8-17-12)18-10-11-5-2-1-3-6-11/h1-9H,10H2,(H,15,16)/b14-9+. The number of ether oxygens (including phenoxy) is 1. The molecule has 1 aromatic carbocycles. The van der Waals surface area contributed by atoms with E-state index in [1.54, 1.807) is 12.1 Å². The first-order valence-electron chi connectivity index (χ1n) is 5.38. The molecule has 5 heteroatoms. The van der Waals surface area contributed by atoms with E-state index in [4.69, 9.17) is 9.15 Å². The molecule has 1 heterocycles. The third-order valence-electron chi connectivity index (χ3n) is 2.10. The van der Waals surface area contributed by atoms with Crippen molar-refractivity contribution < 1.29 is 13.9 Å². The lowest BCUT2D eigenvalue weighted by Crippen LogP contribution is -2.18. The average Bonchev–Trinajstić information content (AvgIpc) is 2.91. The normalized spacial score (nSPS) is 10.4. The molecular formula is C13H12N2O3. The van der Waals surface area contributed by atoms with Crippen molar-refractivity contribution in [1.29, 1.82) is 0 Å². The topological polar surface area (TPSA) is 63.8 Å². The molecule has 0 aliphatic heterocycles. The van der Waals surface area contributed by atoms with Gasteiger partial charge in [-0.1, -0.05) is 30.3 Å². The van der Waals surface area contributed by atoms with E-state index in [1.165, 1.54) is 12.5 Å². The van der Waals surface area contributed by atoms with Crippen LogP contribution in [0.3, 0.4) is 0 Å². The number of nitrogens with zero attached hydrogens (tertiary/aromatic N) is 1. The quantitative estimate of drug-likeness (QED) is 0.664. The summed E-state index contributed by atoms with van der Waals surface area (Å²) in [4.78, 5) is 11.3. The van der Waals surface area contributed by atoms with Crippen molar-refractivity contribution in [3.63, 3.8) is 0 Å². The second-order valence-electron chi connectivity index (χ2n) is 3.45. The predicted molar refractivity (Wildman–Crippen MR) is 66.1 cm³/mol. The fourth-order valence-electron chi connectivity index (χ4n) is 1.27. The first-order chi connectivity index (χ1) is 8.84. The average molecular weight is 244 g/mol. The predicted octanol–water partition coefficient (Wildman–Crippen LogP) is 2.54. The molecule has 2 rings (SSSR count). The SMILES string of the molecule is O=C(N/N=C/c1ccco1)OCc1ccccc1. The summed E-state index contributed by atoms with van der Waals surface area (Å²) in [5.74, 6) is 0.554. The maximum atomic E-state index is 11.3. The summed E-state index contributed by atoms with van der Waals surface area (Å²) >= 11 is 0. The largest absolute Gasteiger partial charge is 0.463 e. The monoisotopic (exact) mass is 244 g/mol. The van der Waals surface area contributed by atoms with Crippen LogP contribution in [0, 0.1) is 0 Å². The molecule has 0 aliphatic carbocycles. The highest BCUT2D eigenvalue weighted by molar-refractivity contribution is 5.77. The van der Waals surface area contributed by atoms with Gasteiger partial charge in [0, 0.05) is 0 Å². The van der Waals surface area contributed by atoms with Gasteiger partial charge in [0.15, 0.2) is 0 Å². The van der Waals surface area contributed by atoms with Gasteiger partial charge in [0.1, 0.15) is 12.4 Å². The molecule has 0 spiro atoms. The number of furan rings is 1. The number of amides is 1. The van der Waals surface area contributed by atoms with Crippen molar-refractivity contribution >= 4 is 12.3 Å². The fourth-order valence-corrected chi connectivity index (χ4v) is 1.27. The molecule has 1 N–H and O–H groups in total. The van der Waals surface area contributed by atoms with Crippen LogP contribution in [0.1, 0.15) is 11.3 Å². The summed E-state index contributed by atoms with van der Waals surface area (Å²) < 4.78 is 9.96. The molecule has 5 nitrogen and oxygen atoms in total. The molecule has 92 valence electrons. The van der Waals surface area contributed by atoms with Crippen LogP contribution in [-0.2, 0) is 11.3 Å². The Kier molecular flexibility index (Phi) is 4.13. The van der Waals surface area contributed by atoms with Crippen molar-refractivity contribution in [3.05, 3.63) is 60.1 Å². The van der Waals surface area contributed by atoms with Crippen molar-refractivity contribution in [2.75, 3.05) is 0 Å². The zero-order valence-corrected chi connectivity index (χ0v) is 9.58. The van der Waals surface area contributed by atoms with Gasteiger partial charge in [-0.3, -0.25) is 0 Å². The third-order valence-corrected chi connectivity index (χ3v) is 2.10. The zero-order valence-electron chi connectivity index (χ0n) is 9.58. The molecular weight excluding hydrogens is 232 g/mol. The minimum Gasteiger partial charge on any atom is -0.463 e. The number of hydrazone groups is 1. The molecule has 0 saturated heterocycles. The zero-order chi connectivity index (χ0) is 12.6. The molecule has 0 fully saturated rings. The Bertz CT molecular complexity index is 506. The van der Waals surface area contributed by atoms with Crippen molar-refractivity contribution in [1.82, 2.24) is 5.43 Å². The Balaban J connectivity index is 1.73. The van der Waals surface area contributed by atoms with Crippen LogP contribution in [0.25, 0.3) is 0 Å². The molecule has 1 aromatic heterocycles. The second kappa shape index (κ2) is 6.24. The summed E-state index contributed by atoms with van der Waals surface area (Å²) in [6.45, 7) is 0.211. The summed E-state index contributed by atoms with van der Waals surface area (Å²) in [6.07, 6.45) is 2.31. The van der Waals surface area contributed by atoms with Gasteiger partial charge in [0.2, 0.25) is 0 Å². The first kappa shape index (κ1) is 11.9. The number of carbonyl (C=O) groups is 1. The Labute approximate surface area is 104 Å². The van der Waals surface area contributed by atoms with Gasteiger partial charge >= 0.3 is 6.09 Å². The summed E-state index contributed by atoms with van der Waals surface area (Å²) in [7, 11) is 0. The maximum absolute atomic E-state index is 11.3. The molecule has 1 amide bonds. The molecule has 0 aliphatic rings. The van der Waals surface area contributed by atoms with Gasteiger partial charge in [0.05, 0.1) is 12.5 Å². The van der Waals surface area contributed by atoms with Crippen LogP contribution in [0.4, 0.5) is 4.79 Å². The summed E-state index contributed by atoms with van der Waals surface area (Å²) in [5, 5.41) is 3.68. The molecule has 18 heavy (non-hydrogen) atoms. The van der Waals surface area contributed by atoms with Gasteiger partial charge in [0.25, 0.3) is 0 Å². The number of benzene rings is 1. The third kappa shape index (κ3) is 3.79. The number of carbonyl (C=O) groups excluding carboxylic acids is 1. The summed E-state index contributed by atoms with van der Waals surface area (Å²) in [6, 6.07) is 12.9. The smallest absolute Gasteiger partial charge is 0.428 e. The first-order valence-corrected chi connectivity index (χ1v) is 5.38. The number of hydrogen-bond acceptors (Lipinski definition) is 4. The Morgan fingerprint density at radius 2 is 2.11 bits per heavy atom. The lowest BCUT2D eigenvalue weighted by Gasteiger charge is -2.02. The fraction of sp³-hybridized carbons (Fsp3) is 0.0769. The van der Waals surface area contributed by atoms with Crippen LogP contribution in [-0.4, -0.2) is 12.3 Å². The van der Waals surface area contributed by atoms with E-state index in [1.807, 2.05) is 30.3 Å². The van der Waals surface area contributed by atoms with Gasteiger partial charge in [-0.15, -0.1) is 0 Å². The van der Waals surface area contributed by atoms with E-state index in [2.05, 4.69) is 10.5 Å². The number of nitrogens with one attached hydrogen (secondary N) is 1. The van der Waals surface area contributed by atoms with E-state index in [0.717, 1.165) is 5.56 Å². The Morgan fingerprint density at radius 3 is 2.83 bits per heavy atom. The van der Waals surface area contributed by atoms with E-state index in [0.29, 0.717) is 5.76 Å². The highest BCUT2D eigenvalue weighted by Gasteiger charge is 2.00. The van der Waals surface area contributed by atoms with E-state index >= 15 is 0 Å². The van der Waals surface area contributed by atoms with Crippen molar-refractivity contribution in [2.45, 2.75) is 6.61 Å². The minimum atomic E-state index is -0.610. The molecule has 0 bridgehead atoms. The molecule has 0 saturated carbocycles. The number of hydrogen-bond donors (Lipinski definition) is 1. The number of rotatable bonds is 4. The Hall–Kier alpha value is -2.56. The van der Waals surface area contributed by atoms with E-state index in [-0.39, 0.29) is 6.61 Å².